The van der Waals surface area contributed by atoms with Gasteiger partial charge in [-0.05, 0) is 38.8 Å². The Hall–Kier alpha value is -1.93. The Kier molecular flexibility index (Phi) is 6.49. The molecule has 1 aromatic rings. The Morgan fingerprint density at radius 1 is 1.11 bits per heavy atom. The molecule has 1 aliphatic carbocycles. The minimum absolute atomic E-state index is 0.0563. The summed E-state index contributed by atoms with van der Waals surface area (Å²) in [5.74, 6) is -0.236. The van der Waals surface area contributed by atoms with Gasteiger partial charge in [0.15, 0.2) is 0 Å². The van der Waals surface area contributed by atoms with E-state index in [1.807, 2.05) is 28.9 Å². The number of carbonyl (C=O) groups is 3. The molecule has 8 heteroatoms. The van der Waals surface area contributed by atoms with Crippen molar-refractivity contribution in [1.29, 1.82) is 0 Å². The van der Waals surface area contributed by atoms with Gasteiger partial charge in [0.25, 0.3) is 5.91 Å². The molecule has 2 heterocycles. The molecule has 148 valence electrons. The number of nitrogens with zero attached hydrogens (tertiary/aromatic N) is 2. The molecule has 4 amide bonds. The summed E-state index contributed by atoms with van der Waals surface area (Å²) >= 11 is 1.51. The lowest BCUT2D eigenvalue weighted by Crippen LogP contribution is -2.56. The highest BCUT2D eigenvalue weighted by atomic mass is 32.1. The van der Waals surface area contributed by atoms with Gasteiger partial charge in [-0.15, -0.1) is 11.3 Å². The lowest BCUT2D eigenvalue weighted by atomic mass is 10.2. The summed E-state index contributed by atoms with van der Waals surface area (Å²) in [7, 11) is 0. The van der Waals surface area contributed by atoms with Crippen molar-refractivity contribution in [3.05, 3.63) is 21.9 Å². The smallest absolute Gasteiger partial charge is 0.321 e. The van der Waals surface area contributed by atoms with E-state index >= 15 is 0 Å². The average molecular weight is 393 g/mol. The second-order valence-electron chi connectivity index (χ2n) is 7.36. The molecule has 0 bridgehead atoms. The third-order valence-corrected chi connectivity index (χ3v) is 6.40. The highest BCUT2D eigenvalue weighted by molar-refractivity contribution is 7.13. The van der Waals surface area contributed by atoms with Crippen molar-refractivity contribution in [1.82, 2.24) is 20.4 Å². The monoisotopic (exact) mass is 392 g/mol. The van der Waals surface area contributed by atoms with Crippen LogP contribution in [-0.4, -0.2) is 65.9 Å². The molecule has 0 spiro atoms. The van der Waals surface area contributed by atoms with Crippen LogP contribution in [0.1, 0.15) is 47.2 Å². The molecule has 1 unspecified atom stereocenters. The molecular formula is C19H28N4O3S. The first-order valence-corrected chi connectivity index (χ1v) is 10.5. The maximum atomic E-state index is 12.5. The number of amides is 4. The number of imide groups is 1. The molecule has 1 saturated carbocycles. The first-order chi connectivity index (χ1) is 12.9. The van der Waals surface area contributed by atoms with Crippen LogP contribution in [0.15, 0.2) is 12.1 Å². The average Bonchev–Trinajstić information content (AvgIpc) is 3.32. The summed E-state index contributed by atoms with van der Waals surface area (Å²) in [4.78, 5) is 42.6. The third-order valence-electron chi connectivity index (χ3n) is 5.41. The van der Waals surface area contributed by atoms with Crippen molar-refractivity contribution in [3.8, 4) is 0 Å². The van der Waals surface area contributed by atoms with Crippen molar-refractivity contribution >= 4 is 29.2 Å². The summed E-state index contributed by atoms with van der Waals surface area (Å²) in [5, 5.41) is 5.33. The predicted molar refractivity (Wildman–Crippen MR) is 105 cm³/mol. The molecule has 0 aromatic carbocycles. The number of aryl methyl sites for hydroxylation is 1. The molecule has 1 aromatic heterocycles. The molecule has 7 nitrogen and oxygen atoms in total. The number of urea groups is 1. The predicted octanol–water partition coefficient (Wildman–Crippen LogP) is 1.97. The molecule has 0 radical (unpaired) electrons. The van der Waals surface area contributed by atoms with Crippen LogP contribution in [-0.2, 0) is 4.79 Å². The largest absolute Gasteiger partial charge is 0.335 e. The Morgan fingerprint density at radius 3 is 2.37 bits per heavy atom. The van der Waals surface area contributed by atoms with E-state index in [1.165, 1.54) is 11.3 Å². The normalized spacial score (nSPS) is 19.7. The van der Waals surface area contributed by atoms with Crippen LogP contribution in [0.3, 0.4) is 0 Å². The standard InChI is InChI=1S/C19H28N4O3S/c1-13-7-8-16(27-13)18(25)23-11-9-22(10-12-23)14(2)17(24)21-19(26)20-15-5-3-4-6-15/h7-8,14-15H,3-6,9-12H2,1-2H3,(H2,20,21,24,26). The zero-order valence-electron chi connectivity index (χ0n) is 16.0. The SMILES string of the molecule is Cc1ccc(C(=O)N2CCN(C(C)C(=O)NC(=O)NC3CCCC3)CC2)s1. The number of rotatable bonds is 4. The summed E-state index contributed by atoms with van der Waals surface area (Å²) in [6.45, 7) is 6.20. The maximum absolute atomic E-state index is 12.5. The molecule has 1 atom stereocenters. The topological polar surface area (TPSA) is 81.8 Å². The van der Waals surface area contributed by atoms with Gasteiger partial charge < -0.3 is 10.2 Å². The minimum Gasteiger partial charge on any atom is -0.335 e. The quantitative estimate of drug-likeness (QED) is 0.821. The van der Waals surface area contributed by atoms with Crippen LogP contribution in [0.2, 0.25) is 0 Å². The van der Waals surface area contributed by atoms with Gasteiger partial charge in [-0.25, -0.2) is 4.79 Å². The number of thiophene rings is 1. The molecule has 2 fully saturated rings. The van der Waals surface area contributed by atoms with E-state index in [4.69, 9.17) is 0 Å². The Labute approximate surface area is 164 Å². The first kappa shape index (κ1) is 19.8. The van der Waals surface area contributed by atoms with Crippen molar-refractivity contribution < 1.29 is 14.4 Å². The van der Waals surface area contributed by atoms with Gasteiger partial charge in [0, 0.05) is 37.1 Å². The van der Waals surface area contributed by atoms with Crippen LogP contribution in [0, 0.1) is 6.92 Å². The van der Waals surface area contributed by atoms with E-state index in [-0.39, 0.29) is 17.9 Å². The minimum atomic E-state index is -0.402. The molecule has 1 saturated heterocycles. The van der Waals surface area contributed by atoms with Gasteiger partial charge in [-0.3, -0.25) is 19.8 Å². The lowest BCUT2D eigenvalue weighted by Gasteiger charge is -2.37. The maximum Gasteiger partial charge on any atom is 0.321 e. The van der Waals surface area contributed by atoms with Crippen LogP contribution in [0.4, 0.5) is 4.79 Å². The van der Waals surface area contributed by atoms with E-state index in [0.717, 1.165) is 35.4 Å². The van der Waals surface area contributed by atoms with E-state index in [2.05, 4.69) is 10.6 Å². The summed E-state index contributed by atoms with van der Waals surface area (Å²) < 4.78 is 0. The zero-order chi connectivity index (χ0) is 19.4. The van der Waals surface area contributed by atoms with Crippen molar-refractivity contribution in [3.63, 3.8) is 0 Å². The second kappa shape index (κ2) is 8.84. The molecule has 2 N–H and O–H groups in total. The van der Waals surface area contributed by atoms with Gasteiger partial charge in [0.2, 0.25) is 5.91 Å². The van der Waals surface area contributed by atoms with E-state index < -0.39 is 12.1 Å². The molecule has 27 heavy (non-hydrogen) atoms. The summed E-state index contributed by atoms with van der Waals surface area (Å²) in [6, 6.07) is 3.20. The van der Waals surface area contributed by atoms with Crippen molar-refractivity contribution in [2.45, 2.75) is 51.6 Å². The van der Waals surface area contributed by atoms with Gasteiger partial charge in [-0.1, -0.05) is 12.8 Å². The summed E-state index contributed by atoms with van der Waals surface area (Å²) in [5.41, 5.74) is 0. The van der Waals surface area contributed by atoms with Crippen LogP contribution in [0.5, 0.6) is 0 Å². The van der Waals surface area contributed by atoms with E-state index in [0.29, 0.717) is 26.2 Å². The molecular weight excluding hydrogens is 364 g/mol. The Balaban J connectivity index is 1.44. The Morgan fingerprint density at radius 2 is 1.78 bits per heavy atom. The number of piperazine rings is 1. The first-order valence-electron chi connectivity index (χ1n) is 9.65. The zero-order valence-corrected chi connectivity index (χ0v) is 16.8. The number of carbonyl (C=O) groups excluding carboxylic acids is 3. The van der Waals surface area contributed by atoms with Crippen molar-refractivity contribution in [2.24, 2.45) is 0 Å². The van der Waals surface area contributed by atoms with E-state index in [9.17, 15) is 14.4 Å². The molecule has 3 rings (SSSR count). The fourth-order valence-corrected chi connectivity index (χ4v) is 4.53. The van der Waals surface area contributed by atoms with Crippen LogP contribution >= 0.6 is 11.3 Å². The second-order valence-corrected chi connectivity index (χ2v) is 8.65. The van der Waals surface area contributed by atoms with Crippen molar-refractivity contribution in [2.75, 3.05) is 26.2 Å². The fourth-order valence-electron chi connectivity index (χ4n) is 3.69. The van der Waals surface area contributed by atoms with E-state index in [1.54, 1.807) is 6.92 Å². The Bertz CT molecular complexity index is 691. The fraction of sp³-hybridized carbons (Fsp3) is 0.632. The van der Waals surface area contributed by atoms with Crippen LogP contribution in [0.25, 0.3) is 0 Å². The molecule has 2 aliphatic rings. The highest BCUT2D eigenvalue weighted by Gasteiger charge is 2.29. The van der Waals surface area contributed by atoms with Gasteiger partial charge >= 0.3 is 6.03 Å². The van der Waals surface area contributed by atoms with Gasteiger partial charge in [0.05, 0.1) is 10.9 Å². The molecule has 1 aliphatic heterocycles. The summed E-state index contributed by atoms with van der Waals surface area (Å²) in [6.07, 6.45) is 4.22. The lowest BCUT2D eigenvalue weighted by molar-refractivity contribution is -0.125. The van der Waals surface area contributed by atoms with Crippen LogP contribution < -0.4 is 10.6 Å². The number of hydrogen-bond acceptors (Lipinski definition) is 5. The van der Waals surface area contributed by atoms with Gasteiger partial charge in [0.1, 0.15) is 0 Å². The number of hydrogen-bond donors (Lipinski definition) is 2. The third kappa shape index (κ3) is 5.07. The van der Waals surface area contributed by atoms with Gasteiger partial charge in [-0.2, -0.15) is 0 Å². The number of nitrogens with one attached hydrogen (secondary N) is 2. The highest BCUT2D eigenvalue weighted by Crippen LogP contribution is 2.19.